The van der Waals surface area contributed by atoms with Crippen molar-refractivity contribution >= 4 is 10.9 Å². The zero-order valence-corrected chi connectivity index (χ0v) is 9.94. The van der Waals surface area contributed by atoms with E-state index in [9.17, 15) is 5.11 Å². The molecule has 0 fully saturated rings. The molecule has 1 heterocycles. The maximum atomic E-state index is 9.70. The highest BCUT2D eigenvalue weighted by molar-refractivity contribution is 5.82. The third kappa shape index (κ3) is 1.93. The fourth-order valence-corrected chi connectivity index (χ4v) is 1.98. The number of para-hydroxylation sites is 1. The monoisotopic (exact) mass is 215 g/mol. The van der Waals surface area contributed by atoms with Gasteiger partial charge in [0.25, 0.3) is 0 Å². The number of aromatic nitrogens is 1. The zero-order chi connectivity index (χ0) is 11.7. The van der Waals surface area contributed by atoms with E-state index >= 15 is 0 Å². The molecule has 2 heteroatoms. The number of benzene rings is 1. The van der Waals surface area contributed by atoms with Crippen LogP contribution in [0, 0.1) is 6.92 Å². The van der Waals surface area contributed by atoms with Crippen molar-refractivity contribution in [3.63, 3.8) is 0 Å². The van der Waals surface area contributed by atoms with Gasteiger partial charge in [0.05, 0.1) is 11.6 Å². The number of aryl methyl sites for hydroxylation is 1. The van der Waals surface area contributed by atoms with Gasteiger partial charge in [0, 0.05) is 17.0 Å². The quantitative estimate of drug-likeness (QED) is 0.835. The number of aliphatic hydroxyl groups excluding tert-OH is 1. The molecule has 2 aromatic rings. The molecule has 84 valence electrons. The summed E-state index contributed by atoms with van der Waals surface area (Å²) in [4.78, 5) is 4.50. The maximum absolute atomic E-state index is 9.70. The highest BCUT2D eigenvalue weighted by atomic mass is 16.3. The number of pyridine rings is 1. The Hall–Kier alpha value is -1.41. The second kappa shape index (κ2) is 4.22. The van der Waals surface area contributed by atoms with Gasteiger partial charge in [0.2, 0.25) is 0 Å². The topological polar surface area (TPSA) is 33.1 Å². The third-order valence-electron chi connectivity index (χ3n) is 3.09. The summed E-state index contributed by atoms with van der Waals surface area (Å²) >= 11 is 0. The minimum absolute atomic E-state index is 0.131. The van der Waals surface area contributed by atoms with Crippen LogP contribution in [0.25, 0.3) is 10.9 Å². The summed E-state index contributed by atoms with van der Waals surface area (Å²) in [5.41, 5.74) is 3.18. The summed E-state index contributed by atoms with van der Waals surface area (Å²) in [5, 5.41) is 10.8. The average molecular weight is 215 g/mol. The molecule has 0 saturated heterocycles. The first kappa shape index (κ1) is 11.1. The second-order valence-electron chi connectivity index (χ2n) is 4.40. The molecule has 1 aromatic carbocycles. The Balaban J connectivity index is 2.67. The molecule has 1 aromatic heterocycles. The largest absolute Gasteiger partial charge is 0.393 e. The van der Waals surface area contributed by atoms with Gasteiger partial charge in [-0.25, -0.2) is 0 Å². The normalized spacial score (nSPS) is 15.0. The summed E-state index contributed by atoms with van der Waals surface area (Å²) in [6.07, 6.45) is -0.342. The summed E-state index contributed by atoms with van der Waals surface area (Å²) in [6.45, 7) is 5.87. The van der Waals surface area contributed by atoms with E-state index in [1.807, 2.05) is 39.0 Å². The van der Waals surface area contributed by atoms with E-state index < -0.39 is 0 Å². The van der Waals surface area contributed by atoms with Crippen molar-refractivity contribution in [2.75, 3.05) is 0 Å². The van der Waals surface area contributed by atoms with Crippen molar-refractivity contribution in [1.82, 2.24) is 4.98 Å². The third-order valence-corrected chi connectivity index (χ3v) is 3.09. The number of nitrogens with zero attached hydrogens (tertiary/aromatic N) is 1. The van der Waals surface area contributed by atoms with Gasteiger partial charge >= 0.3 is 0 Å². The molecule has 0 saturated carbocycles. The minimum Gasteiger partial charge on any atom is -0.393 e. The van der Waals surface area contributed by atoms with Crippen LogP contribution >= 0.6 is 0 Å². The van der Waals surface area contributed by atoms with Gasteiger partial charge in [-0.3, -0.25) is 4.98 Å². The van der Waals surface area contributed by atoms with Crippen LogP contribution in [0.4, 0.5) is 0 Å². The van der Waals surface area contributed by atoms with Crippen molar-refractivity contribution in [3.8, 4) is 0 Å². The summed E-state index contributed by atoms with van der Waals surface area (Å²) in [6, 6.07) is 10.2. The Labute approximate surface area is 96.0 Å². The molecule has 0 amide bonds. The summed E-state index contributed by atoms with van der Waals surface area (Å²) in [7, 11) is 0. The Kier molecular flexibility index (Phi) is 2.92. The number of hydrogen-bond acceptors (Lipinski definition) is 2. The van der Waals surface area contributed by atoms with Crippen LogP contribution in [0.3, 0.4) is 0 Å². The molecule has 0 radical (unpaired) electrons. The molecule has 0 aliphatic heterocycles. The van der Waals surface area contributed by atoms with E-state index in [4.69, 9.17) is 0 Å². The van der Waals surface area contributed by atoms with Crippen LogP contribution in [0.5, 0.6) is 0 Å². The number of fused-ring (bicyclic) bond motifs is 1. The van der Waals surface area contributed by atoms with E-state index in [0.717, 1.165) is 16.6 Å². The maximum Gasteiger partial charge on any atom is 0.0708 e. The average Bonchev–Trinajstić information content (AvgIpc) is 2.26. The van der Waals surface area contributed by atoms with Crippen LogP contribution in [0.15, 0.2) is 30.3 Å². The first-order valence-corrected chi connectivity index (χ1v) is 5.64. The predicted octanol–water partition coefficient (Wildman–Crippen LogP) is 3.03. The molecule has 16 heavy (non-hydrogen) atoms. The van der Waals surface area contributed by atoms with Crippen molar-refractivity contribution in [2.45, 2.75) is 32.8 Å². The lowest BCUT2D eigenvalue weighted by molar-refractivity contribution is 0.169. The summed E-state index contributed by atoms with van der Waals surface area (Å²) < 4.78 is 0. The fraction of sp³-hybridized carbons (Fsp3) is 0.357. The van der Waals surface area contributed by atoms with E-state index in [1.165, 1.54) is 5.56 Å². The van der Waals surface area contributed by atoms with Crippen LogP contribution < -0.4 is 0 Å². The lowest BCUT2D eigenvalue weighted by Gasteiger charge is -2.17. The molecule has 2 unspecified atom stereocenters. The van der Waals surface area contributed by atoms with Crippen LogP contribution in [0.1, 0.15) is 31.0 Å². The minimum atomic E-state index is -0.342. The fourth-order valence-electron chi connectivity index (χ4n) is 1.98. The number of rotatable bonds is 2. The van der Waals surface area contributed by atoms with Gasteiger partial charge in [-0.05, 0) is 31.5 Å². The van der Waals surface area contributed by atoms with Crippen LogP contribution in [0.2, 0.25) is 0 Å². The van der Waals surface area contributed by atoms with Gasteiger partial charge in [-0.2, -0.15) is 0 Å². The predicted molar refractivity (Wildman–Crippen MR) is 66.6 cm³/mol. The molecule has 2 rings (SSSR count). The molecule has 1 N–H and O–H groups in total. The van der Waals surface area contributed by atoms with E-state index in [0.29, 0.717) is 0 Å². The number of aliphatic hydroxyl groups is 1. The Morgan fingerprint density at radius 2 is 1.88 bits per heavy atom. The SMILES string of the molecule is Cc1cc(C(C)C(C)O)c2ccccc2n1. The van der Waals surface area contributed by atoms with Crippen molar-refractivity contribution in [2.24, 2.45) is 0 Å². The van der Waals surface area contributed by atoms with Crippen molar-refractivity contribution < 1.29 is 5.11 Å². The van der Waals surface area contributed by atoms with Gasteiger partial charge < -0.3 is 5.11 Å². The molecule has 0 aliphatic carbocycles. The van der Waals surface area contributed by atoms with Crippen LogP contribution in [-0.4, -0.2) is 16.2 Å². The summed E-state index contributed by atoms with van der Waals surface area (Å²) in [5.74, 6) is 0.131. The number of hydrogen-bond donors (Lipinski definition) is 1. The molecular formula is C14H17NO. The van der Waals surface area contributed by atoms with Gasteiger partial charge in [-0.15, -0.1) is 0 Å². The van der Waals surface area contributed by atoms with Gasteiger partial charge in [0.15, 0.2) is 0 Å². The molecule has 0 spiro atoms. The molecule has 0 aliphatic rings. The van der Waals surface area contributed by atoms with Gasteiger partial charge in [-0.1, -0.05) is 25.1 Å². The van der Waals surface area contributed by atoms with E-state index in [-0.39, 0.29) is 12.0 Å². The highest BCUT2D eigenvalue weighted by Gasteiger charge is 2.15. The Bertz CT molecular complexity index is 505. The Morgan fingerprint density at radius 1 is 1.19 bits per heavy atom. The van der Waals surface area contributed by atoms with Crippen LogP contribution in [-0.2, 0) is 0 Å². The van der Waals surface area contributed by atoms with Crippen molar-refractivity contribution in [3.05, 3.63) is 41.6 Å². The first-order chi connectivity index (χ1) is 7.59. The lowest BCUT2D eigenvalue weighted by Crippen LogP contribution is -2.12. The lowest BCUT2D eigenvalue weighted by atomic mass is 9.92. The second-order valence-corrected chi connectivity index (χ2v) is 4.40. The molecule has 2 nitrogen and oxygen atoms in total. The standard InChI is InChI=1S/C14H17NO/c1-9-8-13(10(2)11(3)16)12-6-4-5-7-14(12)15-9/h4-8,10-11,16H,1-3H3. The van der Waals surface area contributed by atoms with E-state index in [1.54, 1.807) is 0 Å². The Morgan fingerprint density at radius 3 is 2.56 bits per heavy atom. The molecule has 2 atom stereocenters. The first-order valence-electron chi connectivity index (χ1n) is 5.64. The zero-order valence-electron chi connectivity index (χ0n) is 9.94. The molecular weight excluding hydrogens is 198 g/mol. The smallest absolute Gasteiger partial charge is 0.0708 e. The van der Waals surface area contributed by atoms with Crippen molar-refractivity contribution in [1.29, 1.82) is 0 Å². The molecule has 0 bridgehead atoms. The highest BCUT2D eigenvalue weighted by Crippen LogP contribution is 2.27. The van der Waals surface area contributed by atoms with E-state index in [2.05, 4.69) is 17.1 Å². The van der Waals surface area contributed by atoms with Gasteiger partial charge in [0.1, 0.15) is 0 Å².